The second-order valence-electron chi connectivity index (χ2n) is 9.08. The van der Waals surface area contributed by atoms with E-state index in [1.54, 1.807) is 37.3 Å². The number of methoxy groups -OCH3 is 2. The summed E-state index contributed by atoms with van der Waals surface area (Å²) in [4.78, 5) is 0. The fourth-order valence-electron chi connectivity index (χ4n) is 4.39. The highest BCUT2D eigenvalue weighted by Gasteiger charge is 2.43. The Bertz CT molecular complexity index is 983. The minimum absolute atomic E-state index is 0.0289. The molecule has 10 heteroatoms. The molecule has 1 saturated heterocycles. The number of benzene rings is 2. The Labute approximate surface area is 210 Å². The van der Waals surface area contributed by atoms with E-state index >= 15 is 0 Å². The van der Waals surface area contributed by atoms with Gasteiger partial charge in [0.15, 0.2) is 23.0 Å². The van der Waals surface area contributed by atoms with E-state index in [1.807, 2.05) is 0 Å². The SMILES string of the molecule is COc1cc(C[C@@H](CO)[C@H](CO)Cc2ccc(O[C@@H]3O[C@@H](C)[C@H](O)[C@@H](O)[C@H]3O)c(OC)c2)ccc1O. The molecule has 0 unspecified atom stereocenters. The highest BCUT2D eigenvalue weighted by atomic mass is 16.7. The molecule has 0 bridgehead atoms. The van der Waals surface area contributed by atoms with Crippen molar-refractivity contribution in [3.05, 3.63) is 47.5 Å². The van der Waals surface area contributed by atoms with Crippen molar-refractivity contribution in [3.63, 3.8) is 0 Å². The summed E-state index contributed by atoms with van der Waals surface area (Å²) in [6.45, 7) is 1.27. The first-order valence-corrected chi connectivity index (χ1v) is 11.8. The second kappa shape index (κ2) is 12.6. The molecule has 0 amide bonds. The van der Waals surface area contributed by atoms with Crippen molar-refractivity contribution in [2.75, 3.05) is 27.4 Å². The van der Waals surface area contributed by atoms with E-state index in [4.69, 9.17) is 18.9 Å². The van der Waals surface area contributed by atoms with E-state index in [1.165, 1.54) is 20.3 Å². The lowest BCUT2D eigenvalue weighted by atomic mass is 9.83. The van der Waals surface area contributed by atoms with Gasteiger partial charge < -0.3 is 49.6 Å². The van der Waals surface area contributed by atoms with Crippen LogP contribution >= 0.6 is 0 Å². The summed E-state index contributed by atoms with van der Waals surface area (Å²) in [7, 11) is 2.93. The first-order valence-electron chi connectivity index (χ1n) is 11.8. The van der Waals surface area contributed by atoms with Crippen molar-refractivity contribution in [2.45, 2.75) is 50.5 Å². The maximum Gasteiger partial charge on any atom is 0.229 e. The minimum Gasteiger partial charge on any atom is -0.504 e. The van der Waals surface area contributed by atoms with Gasteiger partial charge in [-0.25, -0.2) is 0 Å². The number of aromatic hydroxyl groups is 1. The number of rotatable bonds is 11. The average Bonchev–Trinajstić information content (AvgIpc) is 2.89. The molecule has 1 heterocycles. The zero-order valence-electron chi connectivity index (χ0n) is 20.7. The predicted octanol–water partition coefficient (Wildman–Crippen LogP) is 0.618. The molecule has 6 N–H and O–H groups in total. The van der Waals surface area contributed by atoms with Gasteiger partial charge in [0.1, 0.15) is 18.3 Å². The highest BCUT2D eigenvalue weighted by Crippen LogP contribution is 2.34. The first-order chi connectivity index (χ1) is 17.2. The quantitative estimate of drug-likeness (QED) is 0.254. The van der Waals surface area contributed by atoms with Gasteiger partial charge in [-0.3, -0.25) is 0 Å². The third-order valence-electron chi connectivity index (χ3n) is 6.66. The zero-order valence-corrected chi connectivity index (χ0v) is 20.7. The maximum atomic E-state index is 10.2. The normalized spacial score (nSPS) is 25.7. The Morgan fingerprint density at radius 2 is 1.33 bits per heavy atom. The lowest BCUT2D eigenvalue weighted by molar-refractivity contribution is -0.268. The third-order valence-corrected chi connectivity index (χ3v) is 6.66. The zero-order chi connectivity index (χ0) is 26.4. The first kappa shape index (κ1) is 28.0. The standard InChI is InChI=1S/C26H36O10/c1-14-23(30)24(31)25(32)26(35-14)36-20-7-5-16(11-22(20)34-3)9-18(13-28)17(12-27)8-15-4-6-19(29)21(10-15)33-2/h4-7,10-11,14,17-18,23-32H,8-9,12-13H2,1-3H3/t14-,17-,18-,23-,24+,25+,26-/m0/s1. The Morgan fingerprint density at radius 1 is 0.778 bits per heavy atom. The summed E-state index contributed by atoms with van der Waals surface area (Å²) in [6.07, 6.45) is -5.14. The number of ether oxygens (including phenoxy) is 4. The topological polar surface area (TPSA) is 158 Å². The summed E-state index contributed by atoms with van der Waals surface area (Å²) in [5.41, 5.74) is 1.69. The van der Waals surface area contributed by atoms with Crippen LogP contribution in [0.1, 0.15) is 18.1 Å². The van der Waals surface area contributed by atoms with E-state index in [2.05, 4.69) is 0 Å². The van der Waals surface area contributed by atoms with Gasteiger partial charge in [0.2, 0.25) is 6.29 Å². The van der Waals surface area contributed by atoms with Crippen LogP contribution in [-0.2, 0) is 17.6 Å². The van der Waals surface area contributed by atoms with Crippen LogP contribution in [0.25, 0.3) is 0 Å². The van der Waals surface area contributed by atoms with Gasteiger partial charge in [0.05, 0.1) is 20.3 Å². The molecule has 1 aliphatic rings. The smallest absolute Gasteiger partial charge is 0.229 e. The van der Waals surface area contributed by atoms with Crippen LogP contribution in [0.4, 0.5) is 0 Å². The van der Waals surface area contributed by atoms with E-state index in [-0.39, 0.29) is 36.5 Å². The largest absolute Gasteiger partial charge is 0.504 e. The number of hydrogen-bond donors (Lipinski definition) is 6. The van der Waals surface area contributed by atoms with Crippen molar-refractivity contribution in [3.8, 4) is 23.0 Å². The highest BCUT2D eigenvalue weighted by molar-refractivity contribution is 5.44. The predicted molar refractivity (Wildman–Crippen MR) is 129 cm³/mol. The summed E-state index contributed by atoms with van der Waals surface area (Å²) in [5.74, 6) is 0.474. The van der Waals surface area contributed by atoms with Gasteiger partial charge in [-0.2, -0.15) is 0 Å². The molecule has 3 rings (SSSR count). The molecule has 200 valence electrons. The van der Waals surface area contributed by atoms with Gasteiger partial charge in [-0.1, -0.05) is 12.1 Å². The van der Waals surface area contributed by atoms with Crippen LogP contribution in [0.2, 0.25) is 0 Å². The van der Waals surface area contributed by atoms with Gasteiger partial charge in [0.25, 0.3) is 0 Å². The summed E-state index contributed by atoms with van der Waals surface area (Å²) >= 11 is 0. The molecule has 1 aliphatic heterocycles. The van der Waals surface area contributed by atoms with Crippen molar-refractivity contribution in [1.82, 2.24) is 0 Å². The van der Waals surface area contributed by atoms with Crippen LogP contribution in [0.5, 0.6) is 23.0 Å². The van der Waals surface area contributed by atoms with Crippen molar-refractivity contribution >= 4 is 0 Å². The molecule has 2 aromatic carbocycles. The maximum absolute atomic E-state index is 10.2. The number of hydrogen-bond acceptors (Lipinski definition) is 10. The van der Waals surface area contributed by atoms with Gasteiger partial charge >= 0.3 is 0 Å². The Morgan fingerprint density at radius 3 is 1.89 bits per heavy atom. The fourth-order valence-corrected chi connectivity index (χ4v) is 4.39. The van der Waals surface area contributed by atoms with Gasteiger partial charge in [0, 0.05) is 13.2 Å². The van der Waals surface area contributed by atoms with Crippen LogP contribution in [-0.4, -0.2) is 88.8 Å². The van der Waals surface area contributed by atoms with Gasteiger partial charge in [-0.05, 0) is 67.0 Å². The second-order valence-corrected chi connectivity index (χ2v) is 9.08. The van der Waals surface area contributed by atoms with Gasteiger partial charge in [-0.15, -0.1) is 0 Å². The molecule has 2 aromatic rings. The molecule has 0 spiro atoms. The average molecular weight is 509 g/mol. The third kappa shape index (κ3) is 6.39. The molecular weight excluding hydrogens is 472 g/mol. The Hall–Kier alpha value is -2.60. The van der Waals surface area contributed by atoms with Crippen molar-refractivity contribution in [2.24, 2.45) is 11.8 Å². The van der Waals surface area contributed by atoms with E-state index in [9.17, 15) is 30.6 Å². The lowest BCUT2D eigenvalue weighted by Crippen LogP contribution is -2.58. The molecule has 0 saturated carbocycles. The van der Waals surface area contributed by atoms with Crippen molar-refractivity contribution < 1.29 is 49.6 Å². The van der Waals surface area contributed by atoms with Crippen LogP contribution < -0.4 is 14.2 Å². The molecule has 10 nitrogen and oxygen atoms in total. The molecule has 0 aliphatic carbocycles. The molecule has 0 aromatic heterocycles. The van der Waals surface area contributed by atoms with Crippen LogP contribution in [0, 0.1) is 11.8 Å². The fraction of sp³-hybridized carbons (Fsp3) is 0.538. The number of phenols is 1. The van der Waals surface area contributed by atoms with Crippen molar-refractivity contribution in [1.29, 1.82) is 0 Å². The molecule has 1 fully saturated rings. The Kier molecular flexibility index (Phi) is 9.77. The molecular formula is C26H36O10. The molecule has 7 atom stereocenters. The van der Waals surface area contributed by atoms with E-state index < -0.39 is 30.7 Å². The number of aliphatic hydroxyl groups is 5. The monoisotopic (exact) mass is 508 g/mol. The number of aliphatic hydroxyl groups excluding tert-OH is 5. The summed E-state index contributed by atoms with van der Waals surface area (Å²) < 4.78 is 21.9. The van der Waals surface area contributed by atoms with Crippen LogP contribution in [0.3, 0.4) is 0 Å². The summed E-state index contributed by atoms with van der Waals surface area (Å²) in [5, 5.41) is 60.1. The molecule has 36 heavy (non-hydrogen) atoms. The number of phenolic OH excluding ortho intramolecular Hbond substituents is 1. The molecule has 0 radical (unpaired) electrons. The van der Waals surface area contributed by atoms with E-state index in [0.29, 0.717) is 24.3 Å². The minimum atomic E-state index is -1.46. The Balaban J connectivity index is 1.73. The van der Waals surface area contributed by atoms with E-state index in [0.717, 1.165) is 11.1 Å². The summed E-state index contributed by atoms with van der Waals surface area (Å²) in [6, 6.07) is 10.2. The lowest BCUT2D eigenvalue weighted by Gasteiger charge is -2.39. The van der Waals surface area contributed by atoms with Crippen LogP contribution in [0.15, 0.2) is 36.4 Å².